The topological polar surface area (TPSA) is 64.6 Å². The Morgan fingerprint density at radius 1 is 1.17 bits per heavy atom. The first-order valence-electron chi connectivity index (χ1n) is 7.09. The molecule has 1 atom stereocenters. The molecule has 0 radical (unpaired) electrons. The van der Waals surface area contributed by atoms with Gasteiger partial charge in [-0.2, -0.15) is 0 Å². The molecule has 23 heavy (non-hydrogen) atoms. The number of carbonyl (C=O) groups excluding carboxylic acids is 2. The van der Waals surface area contributed by atoms with E-state index in [0.29, 0.717) is 22.6 Å². The first-order valence-corrected chi connectivity index (χ1v) is 7.09. The van der Waals surface area contributed by atoms with Gasteiger partial charge in [0.1, 0.15) is 11.5 Å². The van der Waals surface area contributed by atoms with Crippen molar-refractivity contribution in [1.29, 1.82) is 0 Å². The minimum Gasteiger partial charge on any atom is -0.466 e. The summed E-state index contributed by atoms with van der Waals surface area (Å²) >= 11 is 0. The molecule has 0 aliphatic carbocycles. The number of amides is 1. The summed E-state index contributed by atoms with van der Waals surface area (Å²) in [7, 11) is 0. The Hall–Kier alpha value is -3.08. The van der Waals surface area contributed by atoms with Gasteiger partial charge in [-0.3, -0.25) is 4.79 Å². The largest absolute Gasteiger partial charge is 0.466 e. The van der Waals surface area contributed by atoms with E-state index in [-0.39, 0.29) is 5.91 Å². The average Bonchev–Trinajstić information content (AvgIpc) is 2.55. The van der Waals surface area contributed by atoms with Crippen LogP contribution in [0.15, 0.2) is 60.7 Å². The van der Waals surface area contributed by atoms with Gasteiger partial charge in [0.15, 0.2) is 6.23 Å². The van der Waals surface area contributed by atoms with Crippen molar-refractivity contribution >= 4 is 11.9 Å². The molecule has 2 aromatic carbocycles. The van der Waals surface area contributed by atoms with Gasteiger partial charge >= 0.3 is 5.97 Å². The molecule has 0 fully saturated rings. The maximum Gasteiger partial charge on any atom is 0.338 e. The van der Waals surface area contributed by atoms with Crippen LogP contribution in [0.1, 0.15) is 29.1 Å². The lowest BCUT2D eigenvalue weighted by Gasteiger charge is -2.27. The van der Waals surface area contributed by atoms with Gasteiger partial charge in [0.2, 0.25) is 0 Å². The van der Waals surface area contributed by atoms with Crippen LogP contribution in [0.2, 0.25) is 0 Å². The molecule has 2 aromatic rings. The summed E-state index contributed by atoms with van der Waals surface area (Å²) < 4.78 is 10.9. The Bertz CT molecular complexity index is 780. The van der Waals surface area contributed by atoms with Crippen molar-refractivity contribution in [3.05, 3.63) is 71.8 Å². The Labute approximate surface area is 133 Å². The van der Waals surface area contributed by atoms with Crippen molar-refractivity contribution in [1.82, 2.24) is 5.32 Å². The quantitative estimate of drug-likeness (QED) is 0.538. The van der Waals surface area contributed by atoms with E-state index in [0.717, 1.165) is 5.56 Å². The highest BCUT2D eigenvalue weighted by Gasteiger charge is 2.26. The molecule has 0 spiro atoms. The van der Waals surface area contributed by atoms with Crippen molar-refractivity contribution < 1.29 is 19.1 Å². The second kappa shape index (κ2) is 5.96. The standard InChI is InChI=1S/C18H15NO4/c1-11(2)18(21)22-13-9-7-12(8-10-13)17-19-16(20)14-5-3-4-6-15(14)23-17/h3-10,17H,1H2,2H3,(H,19,20)/t17-/m1/s1. The van der Waals surface area contributed by atoms with Gasteiger partial charge in [-0.1, -0.05) is 18.7 Å². The van der Waals surface area contributed by atoms with Crippen LogP contribution < -0.4 is 14.8 Å². The molecule has 1 amide bonds. The lowest BCUT2D eigenvalue weighted by Crippen LogP contribution is -2.36. The van der Waals surface area contributed by atoms with Crippen LogP contribution in [-0.4, -0.2) is 11.9 Å². The molecule has 0 unspecified atom stereocenters. The number of carbonyl (C=O) groups is 2. The molecule has 3 rings (SSSR count). The second-order valence-electron chi connectivity index (χ2n) is 5.21. The Balaban J connectivity index is 1.77. The summed E-state index contributed by atoms with van der Waals surface area (Å²) in [6.07, 6.45) is -0.580. The lowest BCUT2D eigenvalue weighted by molar-refractivity contribution is -0.130. The number of rotatable bonds is 3. The summed E-state index contributed by atoms with van der Waals surface area (Å²) in [5, 5.41) is 2.78. The number of para-hydroxylation sites is 1. The summed E-state index contributed by atoms with van der Waals surface area (Å²) in [5.41, 5.74) is 1.59. The Morgan fingerprint density at radius 2 is 1.87 bits per heavy atom. The van der Waals surface area contributed by atoms with Crippen molar-refractivity contribution in [3.8, 4) is 11.5 Å². The van der Waals surface area contributed by atoms with E-state index in [1.807, 2.05) is 6.07 Å². The third-order valence-electron chi connectivity index (χ3n) is 3.38. The third-order valence-corrected chi connectivity index (χ3v) is 3.38. The first kappa shape index (κ1) is 14.8. The zero-order chi connectivity index (χ0) is 16.4. The molecule has 1 aliphatic heterocycles. The fourth-order valence-corrected chi connectivity index (χ4v) is 2.17. The van der Waals surface area contributed by atoms with Crippen molar-refractivity contribution in [2.75, 3.05) is 0 Å². The van der Waals surface area contributed by atoms with E-state index in [1.54, 1.807) is 49.4 Å². The van der Waals surface area contributed by atoms with E-state index in [2.05, 4.69) is 11.9 Å². The number of hydrogen-bond acceptors (Lipinski definition) is 4. The lowest BCUT2D eigenvalue weighted by atomic mass is 10.1. The molecule has 1 aliphatic rings. The normalized spacial score (nSPS) is 15.9. The monoisotopic (exact) mass is 309 g/mol. The predicted molar refractivity (Wildman–Crippen MR) is 84.2 cm³/mol. The molecule has 0 bridgehead atoms. The average molecular weight is 309 g/mol. The molecule has 0 saturated carbocycles. The van der Waals surface area contributed by atoms with Gasteiger partial charge in [0.25, 0.3) is 5.91 Å². The fourth-order valence-electron chi connectivity index (χ4n) is 2.17. The number of ether oxygens (including phenoxy) is 2. The second-order valence-corrected chi connectivity index (χ2v) is 5.21. The number of benzene rings is 2. The molecular formula is C18H15NO4. The molecule has 5 heteroatoms. The van der Waals surface area contributed by atoms with Crippen LogP contribution in [0.3, 0.4) is 0 Å². The highest BCUT2D eigenvalue weighted by atomic mass is 16.5. The molecule has 0 saturated heterocycles. The molecule has 116 valence electrons. The molecule has 1 heterocycles. The summed E-state index contributed by atoms with van der Waals surface area (Å²) in [6, 6.07) is 13.8. The zero-order valence-electron chi connectivity index (χ0n) is 12.5. The maximum atomic E-state index is 12.1. The fraction of sp³-hybridized carbons (Fsp3) is 0.111. The molecule has 5 nitrogen and oxygen atoms in total. The van der Waals surface area contributed by atoms with Crippen LogP contribution in [0.5, 0.6) is 11.5 Å². The van der Waals surface area contributed by atoms with Gasteiger partial charge in [-0.05, 0) is 43.3 Å². The Kier molecular flexibility index (Phi) is 3.85. The maximum absolute atomic E-state index is 12.1. The van der Waals surface area contributed by atoms with Crippen LogP contribution in [0, 0.1) is 0 Å². The minimum atomic E-state index is -0.580. The first-order chi connectivity index (χ1) is 11.0. The van der Waals surface area contributed by atoms with Crippen molar-refractivity contribution in [3.63, 3.8) is 0 Å². The van der Waals surface area contributed by atoms with Crippen LogP contribution in [0.25, 0.3) is 0 Å². The number of fused-ring (bicyclic) bond motifs is 1. The van der Waals surface area contributed by atoms with Gasteiger partial charge in [0, 0.05) is 11.1 Å². The highest BCUT2D eigenvalue weighted by molar-refractivity contribution is 5.98. The Morgan fingerprint density at radius 3 is 2.57 bits per heavy atom. The van der Waals surface area contributed by atoms with Gasteiger partial charge in [-0.25, -0.2) is 4.79 Å². The molecule has 0 aromatic heterocycles. The minimum absolute atomic E-state index is 0.186. The van der Waals surface area contributed by atoms with Crippen LogP contribution in [-0.2, 0) is 4.79 Å². The SMILES string of the molecule is C=C(C)C(=O)Oc1ccc([C@@H]2NC(=O)c3ccccc3O2)cc1. The zero-order valence-corrected chi connectivity index (χ0v) is 12.5. The van der Waals surface area contributed by atoms with Gasteiger partial charge < -0.3 is 14.8 Å². The third kappa shape index (κ3) is 3.08. The summed E-state index contributed by atoms with van der Waals surface area (Å²) in [5.74, 6) is 0.284. The number of esters is 1. The van der Waals surface area contributed by atoms with Crippen LogP contribution >= 0.6 is 0 Å². The number of hydrogen-bond donors (Lipinski definition) is 1. The summed E-state index contributed by atoms with van der Waals surface area (Å²) in [4.78, 5) is 23.6. The van der Waals surface area contributed by atoms with Crippen LogP contribution in [0.4, 0.5) is 0 Å². The van der Waals surface area contributed by atoms with Crippen molar-refractivity contribution in [2.45, 2.75) is 13.2 Å². The number of nitrogens with one attached hydrogen (secondary N) is 1. The van der Waals surface area contributed by atoms with E-state index in [1.165, 1.54) is 0 Å². The van der Waals surface area contributed by atoms with E-state index in [4.69, 9.17) is 9.47 Å². The highest BCUT2D eigenvalue weighted by Crippen LogP contribution is 2.29. The van der Waals surface area contributed by atoms with E-state index >= 15 is 0 Å². The van der Waals surface area contributed by atoms with Gasteiger partial charge in [-0.15, -0.1) is 0 Å². The van der Waals surface area contributed by atoms with E-state index in [9.17, 15) is 9.59 Å². The van der Waals surface area contributed by atoms with Gasteiger partial charge in [0.05, 0.1) is 5.56 Å². The predicted octanol–water partition coefficient (Wildman–Crippen LogP) is 2.99. The van der Waals surface area contributed by atoms with Crippen molar-refractivity contribution in [2.24, 2.45) is 0 Å². The summed E-state index contributed by atoms with van der Waals surface area (Å²) in [6.45, 7) is 5.11. The molecular weight excluding hydrogens is 294 g/mol. The smallest absolute Gasteiger partial charge is 0.338 e. The molecule has 1 N–H and O–H groups in total. The van der Waals surface area contributed by atoms with E-state index < -0.39 is 12.2 Å².